The summed E-state index contributed by atoms with van der Waals surface area (Å²) in [6.45, 7) is 5.31. The van der Waals surface area contributed by atoms with Crippen LogP contribution in [0.2, 0.25) is 0 Å². The standard InChI is InChI=1S/C23H20FN5/c1-14-3-4-16(11-25-14)17-9-18-13-29(8-7-21(18)26-12-17)23-20-10-19(24)5-6-22(20)27-15(2)28-23/h3-6,9-12H,7-8,13H2,1-2H3. The van der Waals surface area contributed by atoms with Crippen molar-refractivity contribution in [2.24, 2.45) is 0 Å². The number of hydrogen-bond donors (Lipinski definition) is 0. The normalized spacial score (nSPS) is 13.6. The summed E-state index contributed by atoms with van der Waals surface area (Å²) in [5, 5.41) is 0.742. The van der Waals surface area contributed by atoms with Gasteiger partial charge in [0.2, 0.25) is 0 Å². The molecule has 0 unspecified atom stereocenters. The molecule has 1 aliphatic heterocycles. The van der Waals surface area contributed by atoms with E-state index in [1.165, 1.54) is 12.1 Å². The third-order valence-electron chi connectivity index (χ3n) is 5.33. The van der Waals surface area contributed by atoms with Gasteiger partial charge in [0.15, 0.2) is 0 Å². The Hall–Kier alpha value is -3.41. The average Bonchev–Trinajstić information content (AvgIpc) is 2.73. The molecule has 0 spiro atoms. The fraction of sp³-hybridized carbons (Fsp3) is 0.217. The lowest BCUT2D eigenvalue weighted by Gasteiger charge is -2.30. The Bertz CT molecular complexity index is 1220. The minimum absolute atomic E-state index is 0.278. The Morgan fingerprint density at radius 3 is 2.62 bits per heavy atom. The van der Waals surface area contributed by atoms with Crippen LogP contribution in [0.5, 0.6) is 0 Å². The Labute approximate surface area is 168 Å². The quantitative estimate of drug-likeness (QED) is 0.512. The van der Waals surface area contributed by atoms with Crippen LogP contribution >= 0.6 is 0 Å². The van der Waals surface area contributed by atoms with E-state index in [1.807, 2.05) is 32.3 Å². The highest BCUT2D eigenvalue weighted by atomic mass is 19.1. The predicted molar refractivity (Wildman–Crippen MR) is 111 cm³/mol. The molecule has 4 aromatic rings. The van der Waals surface area contributed by atoms with Crippen molar-refractivity contribution in [2.75, 3.05) is 11.4 Å². The number of aromatic nitrogens is 4. The summed E-state index contributed by atoms with van der Waals surface area (Å²) in [5.41, 5.74) is 6.11. The van der Waals surface area contributed by atoms with Crippen LogP contribution in [0.15, 0.2) is 48.8 Å². The van der Waals surface area contributed by atoms with Crippen LogP contribution in [0.25, 0.3) is 22.0 Å². The van der Waals surface area contributed by atoms with Gasteiger partial charge in [0.05, 0.1) is 5.52 Å². The third kappa shape index (κ3) is 3.31. The molecule has 6 heteroatoms. The van der Waals surface area contributed by atoms with Crippen molar-refractivity contribution in [3.63, 3.8) is 0 Å². The van der Waals surface area contributed by atoms with E-state index in [0.29, 0.717) is 12.4 Å². The molecule has 5 rings (SSSR count). The van der Waals surface area contributed by atoms with Gasteiger partial charge in [0, 0.05) is 59.8 Å². The molecule has 29 heavy (non-hydrogen) atoms. The smallest absolute Gasteiger partial charge is 0.140 e. The zero-order chi connectivity index (χ0) is 20.0. The number of nitrogens with zero attached hydrogens (tertiary/aromatic N) is 5. The van der Waals surface area contributed by atoms with Crippen molar-refractivity contribution < 1.29 is 4.39 Å². The van der Waals surface area contributed by atoms with E-state index in [4.69, 9.17) is 4.98 Å². The second kappa shape index (κ2) is 6.88. The number of pyridine rings is 2. The van der Waals surface area contributed by atoms with Crippen molar-refractivity contribution in [3.8, 4) is 11.1 Å². The molecule has 5 nitrogen and oxygen atoms in total. The topological polar surface area (TPSA) is 54.8 Å². The lowest BCUT2D eigenvalue weighted by atomic mass is 10.0. The van der Waals surface area contributed by atoms with E-state index in [9.17, 15) is 4.39 Å². The largest absolute Gasteiger partial charge is 0.351 e. The first-order valence-electron chi connectivity index (χ1n) is 9.66. The zero-order valence-corrected chi connectivity index (χ0v) is 16.4. The summed E-state index contributed by atoms with van der Waals surface area (Å²) in [6, 6.07) is 10.9. The molecule has 0 amide bonds. The molecule has 3 aromatic heterocycles. The number of benzene rings is 1. The fourth-order valence-electron chi connectivity index (χ4n) is 3.84. The second-order valence-corrected chi connectivity index (χ2v) is 7.45. The first-order chi connectivity index (χ1) is 14.1. The zero-order valence-electron chi connectivity index (χ0n) is 16.4. The van der Waals surface area contributed by atoms with Crippen molar-refractivity contribution in [2.45, 2.75) is 26.8 Å². The summed E-state index contributed by atoms with van der Waals surface area (Å²) in [4.78, 5) is 20.4. The maximum atomic E-state index is 13.9. The predicted octanol–water partition coefficient (Wildman–Crippen LogP) is 4.41. The molecule has 4 heterocycles. The van der Waals surface area contributed by atoms with E-state index in [1.54, 1.807) is 6.07 Å². The molecular formula is C23H20FN5. The molecule has 0 saturated carbocycles. The monoisotopic (exact) mass is 385 g/mol. The lowest BCUT2D eigenvalue weighted by Crippen LogP contribution is -2.32. The number of rotatable bonds is 2. The lowest BCUT2D eigenvalue weighted by molar-refractivity contribution is 0.629. The van der Waals surface area contributed by atoms with Gasteiger partial charge in [-0.2, -0.15) is 0 Å². The summed E-state index contributed by atoms with van der Waals surface area (Å²) in [5.74, 6) is 1.18. The molecule has 0 fully saturated rings. The minimum atomic E-state index is -0.278. The van der Waals surface area contributed by atoms with E-state index in [2.05, 4.69) is 32.0 Å². The summed E-state index contributed by atoms with van der Waals surface area (Å²) >= 11 is 0. The number of fused-ring (bicyclic) bond motifs is 2. The summed E-state index contributed by atoms with van der Waals surface area (Å²) in [7, 11) is 0. The maximum Gasteiger partial charge on any atom is 0.140 e. The molecule has 0 saturated heterocycles. The van der Waals surface area contributed by atoms with Gasteiger partial charge in [-0.25, -0.2) is 14.4 Å². The molecule has 0 N–H and O–H groups in total. The van der Waals surface area contributed by atoms with Crippen LogP contribution < -0.4 is 4.90 Å². The first-order valence-corrected chi connectivity index (χ1v) is 9.66. The molecule has 0 bridgehead atoms. The van der Waals surface area contributed by atoms with Crippen molar-refractivity contribution >= 4 is 16.7 Å². The summed E-state index contributed by atoms with van der Waals surface area (Å²) in [6.07, 6.45) is 4.62. The Morgan fingerprint density at radius 2 is 1.79 bits per heavy atom. The van der Waals surface area contributed by atoms with Crippen LogP contribution in [-0.2, 0) is 13.0 Å². The molecular weight excluding hydrogens is 365 g/mol. The van der Waals surface area contributed by atoms with Gasteiger partial charge in [-0.3, -0.25) is 9.97 Å². The summed E-state index contributed by atoms with van der Waals surface area (Å²) < 4.78 is 13.9. The van der Waals surface area contributed by atoms with Crippen LogP contribution in [0.1, 0.15) is 22.8 Å². The number of anilines is 1. The van der Waals surface area contributed by atoms with Crippen molar-refractivity contribution in [3.05, 3.63) is 77.4 Å². The minimum Gasteiger partial charge on any atom is -0.351 e. The van der Waals surface area contributed by atoms with Gasteiger partial charge in [-0.1, -0.05) is 6.07 Å². The highest BCUT2D eigenvalue weighted by molar-refractivity contribution is 5.89. The average molecular weight is 385 g/mol. The number of hydrogen-bond acceptors (Lipinski definition) is 5. The first kappa shape index (κ1) is 17.7. The third-order valence-corrected chi connectivity index (χ3v) is 5.33. The van der Waals surface area contributed by atoms with E-state index >= 15 is 0 Å². The van der Waals surface area contributed by atoms with Gasteiger partial charge >= 0.3 is 0 Å². The highest BCUT2D eigenvalue weighted by Gasteiger charge is 2.22. The SMILES string of the molecule is Cc1ccc(-c2cnc3c(c2)CN(c2nc(C)nc4ccc(F)cc24)CC3)cn1. The van der Waals surface area contributed by atoms with E-state index < -0.39 is 0 Å². The van der Waals surface area contributed by atoms with Gasteiger partial charge < -0.3 is 4.90 Å². The number of halogens is 1. The molecule has 1 aliphatic rings. The number of aryl methyl sites for hydroxylation is 2. The van der Waals surface area contributed by atoms with E-state index in [-0.39, 0.29) is 5.82 Å². The van der Waals surface area contributed by atoms with Gasteiger partial charge in [0.1, 0.15) is 17.5 Å². The van der Waals surface area contributed by atoms with Gasteiger partial charge in [0.25, 0.3) is 0 Å². The fourth-order valence-corrected chi connectivity index (χ4v) is 3.84. The van der Waals surface area contributed by atoms with Crippen molar-refractivity contribution in [1.82, 2.24) is 19.9 Å². The highest BCUT2D eigenvalue weighted by Crippen LogP contribution is 2.30. The van der Waals surface area contributed by atoms with Gasteiger partial charge in [-0.15, -0.1) is 0 Å². The van der Waals surface area contributed by atoms with Gasteiger partial charge in [-0.05, 0) is 49.7 Å². The van der Waals surface area contributed by atoms with Crippen LogP contribution in [0.4, 0.5) is 10.2 Å². The Balaban J connectivity index is 1.54. The Kier molecular flexibility index (Phi) is 4.19. The second-order valence-electron chi connectivity index (χ2n) is 7.45. The van der Waals surface area contributed by atoms with E-state index in [0.717, 1.165) is 57.8 Å². The van der Waals surface area contributed by atoms with Crippen LogP contribution in [-0.4, -0.2) is 26.5 Å². The molecule has 144 valence electrons. The molecule has 0 radical (unpaired) electrons. The molecule has 1 aromatic carbocycles. The molecule has 0 atom stereocenters. The Morgan fingerprint density at radius 1 is 0.931 bits per heavy atom. The molecule has 0 aliphatic carbocycles. The maximum absolute atomic E-state index is 13.9. The van der Waals surface area contributed by atoms with Crippen LogP contribution in [0.3, 0.4) is 0 Å². The van der Waals surface area contributed by atoms with Crippen molar-refractivity contribution in [1.29, 1.82) is 0 Å². The van der Waals surface area contributed by atoms with Crippen LogP contribution in [0, 0.1) is 19.7 Å².